The van der Waals surface area contributed by atoms with Crippen molar-refractivity contribution in [3.8, 4) is 5.75 Å². The summed E-state index contributed by atoms with van der Waals surface area (Å²) in [5.74, 6) is 0.574. The highest BCUT2D eigenvalue weighted by atomic mass is 16.5. The number of benzene rings is 2. The van der Waals surface area contributed by atoms with Crippen LogP contribution in [0.25, 0.3) is 10.9 Å². The van der Waals surface area contributed by atoms with E-state index in [4.69, 9.17) is 4.74 Å². The maximum absolute atomic E-state index is 12.7. The fourth-order valence-electron chi connectivity index (χ4n) is 3.09. The molecule has 1 amide bonds. The lowest BCUT2D eigenvalue weighted by molar-refractivity contribution is -0.116. The maximum atomic E-state index is 12.7. The minimum Gasteiger partial charge on any atom is -0.487 e. The molecule has 0 spiro atoms. The van der Waals surface area contributed by atoms with Gasteiger partial charge in [0.2, 0.25) is 5.91 Å². The Labute approximate surface area is 175 Å². The van der Waals surface area contributed by atoms with Crippen LogP contribution < -0.4 is 15.4 Å². The van der Waals surface area contributed by atoms with Crippen molar-refractivity contribution < 1.29 is 9.53 Å². The minimum atomic E-state index is -0.442. The van der Waals surface area contributed by atoms with Crippen LogP contribution in [0.2, 0.25) is 0 Å². The molecule has 0 saturated heterocycles. The average molecular weight is 398 g/mol. The van der Waals surface area contributed by atoms with E-state index in [1.165, 1.54) is 0 Å². The van der Waals surface area contributed by atoms with Crippen molar-refractivity contribution in [2.24, 2.45) is 0 Å². The molecule has 30 heavy (non-hydrogen) atoms. The maximum Gasteiger partial charge on any atom is 0.246 e. The van der Waals surface area contributed by atoms with E-state index in [2.05, 4.69) is 20.6 Å². The average Bonchev–Trinajstić information content (AvgIpc) is 2.79. The Morgan fingerprint density at radius 3 is 2.70 bits per heavy atom. The lowest BCUT2D eigenvalue weighted by Crippen LogP contribution is -2.31. The van der Waals surface area contributed by atoms with Gasteiger partial charge in [0.25, 0.3) is 0 Å². The summed E-state index contributed by atoms with van der Waals surface area (Å²) in [6, 6.07) is 22.3. The number of hydrogen-bond donors (Lipinski definition) is 2. The van der Waals surface area contributed by atoms with Crippen LogP contribution in [0.5, 0.6) is 5.75 Å². The van der Waals surface area contributed by atoms with E-state index in [1.54, 1.807) is 12.4 Å². The highest BCUT2D eigenvalue weighted by Crippen LogP contribution is 2.22. The second-order valence-corrected chi connectivity index (χ2v) is 6.87. The van der Waals surface area contributed by atoms with Gasteiger partial charge in [0.1, 0.15) is 18.4 Å². The van der Waals surface area contributed by atoms with Gasteiger partial charge in [-0.2, -0.15) is 0 Å². The van der Waals surface area contributed by atoms with Gasteiger partial charge >= 0.3 is 0 Å². The van der Waals surface area contributed by atoms with Crippen LogP contribution in [0, 0.1) is 0 Å². The molecule has 2 aromatic heterocycles. The number of carbonyl (C=O) groups excluding carboxylic acids is 1. The van der Waals surface area contributed by atoms with Gasteiger partial charge in [0, 0.05) is 29.5 Å². The first-order valence-corrected chi connectivity index (χ1v) is 9.73. The van der Waals surface area contributed by atoms with Crippen molar-refractivity contribution in [3.05, 3.63) is 90.9 Å². The lowest BCUT2D eigenvalue weighted by Gasteiger charge is -2.17. The van der Waals surface area contributed by atoms with E-state index >= 15 is 0 Å². The second-order valence-electron chi connectivity index (χ2n) is 6.87. The molecule has 0 bridgehead atoms. The van der Waals surface area contributed by atoms with Crippen LogP contribution >= 0.6 is 0 Å². The van der Waals surface area contributed by atoms with E-state index in [9.17, 15) is 4.79 Å². The Hall–Kier alpha value is -3.93. The largest absolute Gasteiger partial charge is 0.487 e. The molecule has 4 rings (SSSR count). The summed E-state index contributed by atoms with van der Waals surface area (Å²) in [4.78, 5) is 21.3. The third-order valence-electron chi connectivity index (χ3n) is 4.63. The van der Waals surface area contributed by atoms with Crippen LogP contribution in [-0.4, -0.2) is 21.9 Å². The van der Waals surface area contributed by atoms with Crippen molar-refractivity contribution in [1.82, 2.24) is 9.97 Å². The summed E-state index contributed by atoms with van der Waals surface area (Å²) >= 11 is 0. The monoisotopic (exact) mass is 398 g/mol. The standard InChI is InChI=1S/C24H22N4O2/c1-17(24(29)28-23-12-5-11-22-21(23)10-6-14-26-22)27-18-8-4-9-20(15-18)30-16-19-7-2-3-13-25-19/h2-15,17,27H,16H2,1H3,(H,28,29). The predicted octanol–water partition coefficient (Wildman–Crippen LogP) is 4.65. The van der Waals surface area contributed by atoms with E-state index in [-0.39, 0.29) is 5.91 Å². The zero-order chi connectivity index (χ0) is 20.8. The molecule has 2 aromatic carbocycles. The number of ether oxygens (including phenoxy) is 1. The molecular weight excluding hydrogens is 376 g/mol. The number of nitrogens with one attached hydrogen (secondary N) is 2. The number of aromatic nitrogens is 2. The molecular formula is C24H22N4O2. The Balaban J connectivity index is 1.39. The summed E-state index contributed by atoms with van der Waals surface area (Å²) in [5.41, 5.74) is 3.24. The van der Waals surface area contributed by atoms with Crippen molar-refractivity contribution >= 4 is 28.2 Å². The van der Waals surface area contributed by atoms with Gasteiger partial charge in [0.05, 0.1) is 16.9 Å². The number of rotatable bonds is 7. The van der Waals surface area contributed by atoms with Gasteiger partial charge in [-0.1, -0.05) is 18.2 Å². The molecule has 2 N–H and O–H groups in total. The summed E-state index contributed by atoms with van der Waals surface area (Å²) in [5, 5.41) is 7.12. The van der Waals surface area contributed by atoms with Gasteiger partial charge in [-0.25, -0.2) is 0 Å². The highest BCUT2D eigenvalue weighted by molar-refractivity contribution is 6.03. The molecule has 4 aromatic rings. The number of fused-ring (bicyclic) bond motifs is 1. The normalized spacial score (nSPS) is 11.6. The molecule has 0 aliphatic heterocycles. The van der Waals surface area contributed by atoms with Crippen LogP contribution in [0.3, 0.4) is 0 Å². The molecule has 0 saturated carbocycles. The number of hydrogen-bond acceptors (Lipinski definition) is 5. The summed E-state index contributed by atoms with van der Waals surface area (Å²) in [7, 11) is 0. The molecule has 0 aliphatic carbocycles. The first-order chi connectivity index (χ1) is 14.7. The number of carbonyl (C=O) groups is 1. The molecule has 2 heterocycles. The Bertz CT molecular complexity index is 1140. The first kappa shape index (κ1) is 19.4. The topological polar surface area (TPSA) is 76.1 Å². The molecule has 0 fully saturated rings. The van der Waals surface area contributed by atoms with Gasteiger partial charge in [-0.05, 0) is 55.5 Å². The van der Waals surface area contributed by atoms with Gasteiger partial charge < -0.3 is 15.4 Å². The Morgan fingerprint density at radius 2 is 1.83 bits per heavy atom. The number of pyridine rings is 2. The summed E-state index contributed by atoms with van der Waals surface area (Å²) in [6.45, 7) is 2.20. The van der Waals surface area contributed by atoms with Gasteiger partial charge in [-0.15, -0.1) is 0 Å². The third kappa shape index (κ3) is 4.72. The lowest BCUT2D eigenvalue weighted by atomic mass is 10.1. The Morgan fingerprint density at radius 1 is 0.967 bits per heavy atom. The number of amides is 1. The van der Waals surface area contributed by atoms with E-state index in [0.29, 0.717) is 12.4 Å². The smallest absolute Gasteiger partial charge is 0.246 e. The van der Waals surface area contributed by atoms with Gasteiger partial charge in [0.15, 0.2) is 0 Å². The second kappa shape index (κ2) is 9.05. The molecule has 150 valence electrons. The van der Waals surface area contributed by atoms with E-state index < -0.39 is 6.04 Å². The van der Waals surface area contributed by atoms with Gasteiger partial charge in [-0.3, -0.25) is 14.8 Å². The fourth-order valence-corrected chi connectivity index (χ4v) is 3.09. The van der Waals surface area contributed by atoms with E-state index in [1.807, 2.05) is 79.7 Å². The number of nitrogens with zero attached hydrogens (tertiary/aromatic N) is 2. The van der Waals surface area contributed by atoms with Crippen molar-refractivity contribution in [1.29, 1.82) is 0 Å². The molecule has 0 aliphatic rings. The van der Waals surface area contributed by atoms with Crippen LogP contribution in [0.1, 0.15) is 12.6 Å². The molecule has 6 heteroatoms. The minimum absolute atomic E-state index is 0.133. The Kier molecular flexibility index (Phi) is 5.85. The van der Waals surface area contributed by atoms with E-state index in [0.717, 1.165) is 28.0 Å². The first-order valence-electron chi connectivity index (χ1n) is 9.73. The van der Waals surface area contributed by atoms with Crippen LogP contribution in [-0.2, 0) is 11.4 Å². The SMILES string of the molecule is CC(Nc1cccc(OCc2ccccn2)c1)C(=O)Nc1cccc2ncccc12. The predicted molar refractivity (Wildman–Crippen MR) is 118 cm³/mol. The zero-order valence-corrected chi connectivity index (χ0v) is 16.6. The summed E-state index contributed by atoms with van der Waals surface area (Å²) in [6.07, 6.45) is 3.48. The van der Waals surface area contributed by atoms with Crippen molar-refractivity contribution in [2.75, 3.05) is 10.6 Å². The molecule has 1 unspecified atom stereocenters. The number of anilines is 2. The van der Waals surface area contributed by atoms with Crippen LogP contribution in [0.15, 0.2) is 85.2 Å². The molecule has 1 atom stereocenters. The van der Waals surface area contributed by atoms with Crippen molar-refractivity contribution in [3.63, 3.8) is 0 Å². The zero-order valence-electron chi connectivity index (χ0n) is 16.6. The summed E-state index contributed by atoms with van der Waals surface area (Å²) < 4.78 is 5.81. The third-order valence-corrected chi connectivity index (χ3v) is 4.63. The molecule has 6 nitrogen and oxygen atoms in total. The molecule has 0 radical (unpaired) electrons. The highest BCUT2D eigenvalue weighted by Gasteiger charge is 2.14. The van der Waals surface area contributed by atoms with Crippen LogP contribution in [0.4, 0.5) is 11.4 Å². The fraction of sp³-hybridized carbons (Fsp3) is 0.125. The quantitative estimate of drug-likeness (QED) is 0.474. The van der Waals surface area contributed by atoms with Crippen molar-refractivity contribution in [2.45, 2.75) is 19.6 Å².